The number of hydrogen-bond donors (Lipinski definition) is 3. The Kier molecular flexibility index (Phi) is 10.7. The number of benzene rings is 2. The molecule has 0 bridgehead atoms. The van der Waals surface area contributed by atoms with Gasteiger partial charge in [0.15, 0.2) is 29.3 Å². The minimum atomic E-state index is -1.55. The molecule has 0 aromatic heterocycles. The topological polar surface area (TPSA) is 142 Å². The predicted molar refractivity (Wildman–Crippen MR) is 135 cm³/mol. The molecule has 1 aliphatic heterocycles. The number of aliphatic hydroxyl groups excluding tert-OH is 3. The highest BCUT2D eigenvalue weighted by molar-refractivity contribution is 5.87. The van der Waals surface area contributed by atoms with E-state index in [0.717, 1.165) is 5.56 Å². The van der Waals surface area contributed by atoms with Crippen LogP contribution in [0.4, 0.5) is 0 Å². The average molecular weight is 535 g/mol. The summed E-state index contributed by atoms with van der Waals surface area (Å²) in [7, 11) is 6.12. The van der Waals surface area contributed by atoms with Crippen LogP contribution < -0.4 is 18.9 Å². The molecule has 2 aromatic rings. The number of esters is 1. The number of carbonyl (C=O) groups excluding carboxylic acids is 1. The zero-order chi connectivity index (χ0) is 27.7. The Morgan fingerprint density at radius 2 is 1.47 bits per heavy atom. The molecule has 0 radical (unpaired) electrons. The predicted octanol–water partition coefficient (Wildman–Crippen LogP) is 1.34. The average Bonchev–Trinajstić information content (AvgIpc) is 2.94. The highest BCUT2D eigenvalue weighted by atomic mass is 16.7. The molecule has 3 N–H and O–H groups in total. The monoisotopic (exact) mass is 534 g/mol. The smallest absolute Gasteiger partial charge is 0.330 e. The molecule has 3 rings (SSSR count). The van der Waals surface area contributed by atoms with Gasteiger partial charge in [0, 0.05) is 6.08 Å². The van der Waals surface area contributed by atoms with E-state index in [1.54, 1.807) is 37.4 Å². The van der Waals surface area contributed by atoms with Gasteiger partial charge in [-0.2, -0.15) is 0 Å². The second-order valence-electron chi connectivity index (χ2n) is 8.40. The van der Waals surface area contributed by atoms with Crippen LogP contribution in [0.2, 0.25) is 0 Å². The Bertz CT molecular complexity index is 1090. The van der Waals surface area contributed by atoms with Crippen molar-refractivity contribution in [3.8, 4) is 23.0 Å². The van der Waals surface area contributed by atoms with Gasteiger partial charge >= 0.3 is 5.97 Å². The van der Waals surface area contributed by atoms with E-state index in [-0.39, 0.29) is 13.2 Å². The molecule has 1 heterocycles. The maximum absolute atomic E-state index is 12.2. The quantitative estimate of drug-likeness (QED) is 0.268. The summed E-state index contributed by atoms with van der Waals surface area (Å²) in [5.41, 5.74) is 1.57. The lowest BCUT2D eigenvalue weighted by Crippen LogP contribution is -2.59. The molecule has 1 fully saturated rings. The van der Waals surface area contributed by atoms with Crippen molar-refractivity contribution >= 4 is 12.0 Å². The molecule has 11 heteroatoms. The molecule has 1 aliphatic rings. The zero-order valence-electron chi connectivity index (χ0n) is 21.7. The largest absolute Gasteiger partial charge is 0.493 e. The zero-order valence-corrected chi connectivity index (χ0v) is 21.7. The van der Waals surface area contributed by atoms with Gasteiger partial charge in [0.25, 0.3) is 0 Å². The fourth-order valence-corrected chi connectivity index (χ4v) is 3.85. The van der Waals surface area contributed by atoms with Crippen LogP contribution >= 0.6 is 0 Å². The van der Waals surface area contributed by atoms with E-state index in [4.69, 9.17) is 33.2 Å². The first-order valence-electron chi connectivity index (χ1n) is 11.9. The standard InChI is InChI=1S/C27H34O11/c1-32-18-8-5-16(13-20(18)34-3)7-10-23(28)37-15-22-24(29)25(30)26(31)27(38-22)36-12-11-17-6-9-19(33-2)21(14-17)35-4/h5-10,13-14,22,24-27,29-31H,11-12,15H2,1-4H3/b10-7+/t22-,24-,25+,26-,27-/m1/s1. The summed E-state index contributed by atoms with van der Waals surface area (Å²) in [6, 6.07) is 10.5. The maximum atomic E-state index is 12.2. The molecule has 1 saturated heterocycles. The number of carbonyl (C=O) groups is 1. The minimum absolute atomic E-state index is 0.139. The van der Waals surface area contributed by atoms with Gasteiger partial charge < -0.3 is 48.5 Å². The molecule has 5 atom stereocenters. The van der Waals surface area contributed by atoms with Gasteiger partial charge in [-0.1, -0.05) is 12.1 Å². The van der Waals surface area contributed by atoms with Crippen molar-refractivity contribution in [1.82, 2.24) is 0 Å². The Morgan fingerprint density at radius 1 is 0.842 bits per heavy atom. The van der Waals surface area contributed by atoms with Crippen molar-refractivity contribution < 1.29 is 53.3 Å². The Hall–Kier alpha value is -3.35. The van der Waals surface area contributed by atoms with Crippen LogP contribution in [-0.2, 0) is 25.4 Å². The fraction of sp³-hybridized carbons (Fsp3) is 0.444. The summed E-state index contributed by atoms with van der Waals surface area (Å²) in [6.07, 6.45) is -3.70. The minimum Gasteiger partial charge on any atom is -0.493 e. The third-order valence-electron chi connectivity index (χ3n) is 6.00. The van der Waals surface area contributed by atoms with Crippen LogP contribution in [-0.4, -0.2) is 93.6 Å². The summed E-state index contributed by atoms with van der Waals surface area (Å²) < 4.78 is 37.4. The van der Waals surface area contributed by atoms with Gasteiger partial charge in [-0.3, -0.25) is 0 Å². The Labute approximate surface area is 221 Å². The molecule has 0 saturated carbocycles. The van der Waals surface area contributed by atoms with Gasteiger partial charge in [0.2, 0.25) is 0 Å². The molecule has 0 amide bonds. The lowest BCUT2D eigenvalue weighted by molar-refractivity contribution is -0.301. The highest BCUT2D eigenvalue weighted by Gasteiger charge is 2.44. The first-order chi connectivity index (χ1) is 18.3. The van der Waals surface area contributed by atoms with E-state index in [1.807, 2.05) is 6.07 Å². The third-order valence-corrected chi connectivity index (χ3v) is 6.00. The maximum Gasteiger partial charge on any atom is 0.330 e. The van der Waals surface area contributed by atoms with Crippen molar-refractivity contribution in [3.05, 3.63) is 53.6 Å². The van der Waals surface area contributed by atoms with Crippen molar-refractivity contribution in [2.24, 2.45) is 0 Å². The molecule has 0 aliphatic carbocycles. The summed E-state index contributed by atoms with van der Waals surface area (Å²) in [5, 5.41) is 30.9. The highest BCUT2D eigenvalue weighted by Crippen LogP contribution is 2.29. The molecule has 0 spiro atoms. The van der Waals surface area contributed by atoms with Gasteiger partial charge in [-0.05, 0) is 47.9 Å². The van der Waals surface area contributed by atoms with Crippen LogP contribution in [0.25, 0.3) is 6.08 Å². The summed E-state index contributed by atoms with van der Waals surface area (Å²) in [4.78, 5) is 12.2. The van der Waals surface area contributed by atoms with E-state index in [2.05, 4.69) is 0 Å². The number of hydrogen-bond acceptors (Lipinski definition) is 11. The van der Waals surface area contributed by atoms with Crippen molar-refractivity contribution in [3.63, 3.8) is 0 Å². The van der Waals surface area contributed by atoms with Crippen LogP contribution in [0.15, 0.2) is 42.5 Å². The number of rotatable bonds is 12. The molecular weight excluding hydrogens is 500 g/mol. The Balaban J connectivity index is 1.53. The molecule has 208 valence electrons. The lowest BCUT2D eigenvalue weighted by Gasteiger charge is -2.39. The van der Waals surface area contributed by atoms with Crippen LogP contribution in [0.1, 0.15) is 11.1 Å². The van der Waals surface area contributed by atoms with Crippen LogP contribution in [0.3, 0.4) is 0 Å². The normalized spacial score (nSPS) is 23.2. The van der Waals surface area contributed by atoms with Gasteiger partial charge in [0.05, 0.1) is 35.0 Å². The lowest BCUT2D eigenvalue weighted by atomic mass is 9.99. The molecule has 11 nitrogen and oxygen atoms in total. The van der Waals surface area contributed by atoms with Crippen molar-refractivity contribution in [2.75, 3.05) is 41.7 Å². The summed E-state index contributed by atoms with van der Waals surface area (Å²) >= 11 is 0. The van der Waals surface area contributed by atoms with E-state index in [0.29, 0.717) is 35.0 Å². The van der Waals surface area contributed by atoms with Crippen molar-refractivity contribution in [2.45, 2.75) is 37.1 Å². The SMILES string of the molecule is COc1ccc(/C=C/C(=O)OC[C@H]2O[C@@H](OCCc3ccc(OC)c(OC)c3)[C@H](O)[C@@H](O)[C@@H]2O)cc1OC. The number of aliphatic hydroxyl groups is 3. The van der Waals surface area contributed by atoms with E-state index < -0.39 is 36.7 Å². The van der Waals surface area contributed by atoms with Crippen molar-refractivity contribution in [1.29, 1.82) is 0 Å². The fourth-order valence-electron chi connectivity index (χ4n) is 3.85. The van der Waals surface area contributed by atoms with E-state index in [1.165, 1.54) is 33.5 Å². The summed E-state index contributed by atoms with van der Waals surface area (Å²) in [5.74, 6) is 1.53. The molecular formula is C27H34O11. The van der Waals surface area contributed by atoms with Gasteiger partial charge in [-0.25, -0.2) is 4.79 Å². The van der Waals surface area contributed by atoms with Gasteiger partial charge in [-0.15, -0.1) is 0 Å². The molecule has 2 aromatic carbocycles. The molecule has 38 heavy (non-hydrogen) atoms. The second-order valence-corrected chi connectivity index (χ2v) is 8.40. The van der Waals surface area contributed by atoms with Crippen LogP contribution in [0, 0.1) is 0 Å². The molecule has 0 unspecified atom stereocenters. The second kappa shape index (κ2) is 14.0. The van der Waals surface area contributed by atoms with E-state index in [9.17, 15) is 20.1 Å². The number of ether oxygens (including phenoxy) is 7. The first-order valence-corrected chi connectivity index (χ1v) is 11.9. The first kappa shape index (κ1) is 29.2. The van der Waals surface area contributed by atoms with Crippen LogP contribution in [0.5, 0.6) is 23.0 Å². The van der Waals surface area contributed by atoms with Gasteiger partial charge in [0.1, 0.15) is 31.0 Å². The number of methoxy groups -OCH3 is 4. The summed E-state index contributed by atoms with van der Waals surface area (Å²) in [6.45, 7) is -0.226. The Morgan fingerprint density at radius 3 is 2.13 bits per heavy atom. The third kappa shape index (κ3) is 7.36. The van der Waals surface area contributed by atoms with E-state index >= 15 is 0 Å².